The summed E-state index contributed by atoms with van der Waals surface area (Å²) in [6.45, 7) is 3.95. The Hall–Kier alpha value is -3.31. The number of aromatic nitrogens is 2. The van der Waals surface area contributed by atoms with Crippen molar-refractivity contribution < 1.29 is 38.1 Å². The van der Waals surface area contributed by atoms with E-state index in [4.69, 9.17) is 18.5 Å². The van der Waals surface area contributed by atoms with Crippen molar-refractivity contribution in [3.63, 3.8) is 0 Å². The van der Waals surface area contributed by atoms with Crippen molar-refractivity contribution in [3.8, 4) is 11.8 Å². The van der Waals surface area contributed by atoms with Crippen LogP contribution in [-0.4, -0.2) is 62.8 Å². The van der Waals surface area contributed by atoms with Gasteiger partial charge in [0.2, 0.25) is 0 Å². The summed E-state index contributed by atoms with van der Waals surface area (Å²) < 4.78 is 35.8. The smallest absolute Gasteiger partial charge is 0.459 e. The molecule has 1 aromatic carbocycles. The summed E-state index contributed by atoms with van der Waals surface area (Å²) in [5.74, 6) is -0.606. The van der Waals surface area contributed by atoms with Gasteiger partial charge in [0.15, 0.2) is 0 Å². The van der Waals surface area contributed by atoms with Crippen molar-refractivity contribution in [1.29, 1.82) is 5.26 Å². The van der Waals surface area contributed by atoms with E-state index in [-0.39, 0.29) is 5.75 Å². The maximum absolute atomic E-state index is 13.6. The third-order valence-electron chi connectivity index (χ3n) is 5.21. The first kappa shape index (κ1) is 28.3. The molecule has 0 aliphatic carbocycles. The first-order chi connectivity index (χ1) is 17.4. The standard InChI is InChI=1S/C22H27N4O10P/c1-13(2)34-20(30)14(3)25-37(32,36-15-7-5-4-6-8-15)33-11-16-18(28)19(29)22(12-23,35-16)26-10-9-17(27)24-21(26)31/h4-10,13-14,16,18-19,28-29H,11H2,1-3H3,(H,25,32)(H,24,27,31)/t14-,16+,18+,19+,22+,37?/m0/s1. The lowest BCUT2D eigenvalue weighted by molar-refractivity contribution is -0.149. The molecule has 3 rings (SSSR count). The molecule has 2 aromatic rings. The molecule has 0 bridgehead atoms. The number of rotatable bonds is 10. The fourth-order valence-corrected chi connectivity index (χ4v) is 4.97. The van der Waals surface area contributed by atoms with Crippen LogP contribution in [0.1, 0.15) is 20.8 Å². The van der Waals surface area contributed by atoms with Crippen molar-refractivity contribution in [2.75, 3.05) is 6.61 Å². The van der Waals surface area contributed by atoms with Crippen molar-refractivity contribution in [2.45, 2.75) is 57.0 Å². The van der Waals surface area contributed by atoms with Crippen LogP contribution in [0.4, 0.5) is 0 Å². The number of aliphatic hydroxyl groups excluding tert-OH is 2. The number of hydrogen-bond acceptors (Lipinski definition) is 11. The van der Waals surface area contributed by atoms with E-state index in [1.54, 1.807) is 38.1 Å². The highest BCUT2D eigenvalue weighted by atomic mass is 31.2. The first-order valence-electron chi connectivity index (χ1n) is 11.2. The predicted molar refractivity (Wildman–Crippen MR) is 126 cm³/mol. The van der Waals surface area contributed by atoms with E-state index in [2.05, 4.69) is 5.09 Å². The first-order valence-corrected chi connectivity index (χ1v) is 12.7. The highest BCUT2D eigenvalue weighted by Gasteiger charge is 2.57. The lowest BCUT2D eigenvalue weighted by atomic mass is 10.0. The number of H-pyrrole nitrogens is 1. The fraction of sp³-hybridized carbons (Fsp3) is 0.455. The summed E-state index contributed by atoms with van der Waals surface area (Å²) in [6, 6.07) is 9.32. The number of ether oxygens (including phenoxy) is 2. The third-order valence-corrected chi connectivity index (χ3v) is 6.86. The minimum absolute atomic E-state index is 0.127. The zero-order valence-corrected chi connectivity index (χ0v) is 21.0. The molecule has 0 saturated carbocycles. The van der Waals surface area contributed by atoms with E-state index in [9.17, 15) is 34.4 Å². The SMILES string of the molecule is CC(C)OC(=O)[C@H](C)NP(=O)(OC[C@H]1O[C@@](C#N)(n2ccc(=O)[nH]c2=O)[C@H](O)[C@@H]1O)Oc1ccccc1. The number of nitrogens with zero attached hydrogens (tertiary/aromatic N) is 2. The average Bonchev–Trinajstić information content (AvgIpc) is 3.08. The van der Waals surface area contributed by atoms with Gasteiger partial charge in [0.25, 0.3) is 11.3 Å². The molecule has 0 amide bonds. The summed E-state index contributed by atoms with van der Waals surface area (Å²) >= 11 is 0. The Morgan fingerprint density at radius 3 is 2.54 bits per heavy atom. The molecular formula is C22H27N4O10P. The summed E-state index contributed by atoms with van der Waals surface area (Å²) in [5, 5.41) is 33.4. The quantitative estimate of drug-likeness (QED) is 0.233. The molecule has 6 atom stereocenters. The van der Waals surface area contributed by atoms with E-state index in [0.717, 1.165) is 12.3 Å². The van der Waals surface area contributed by atoms with Gasteiger partial charge in [-0.15, -0.1) is 0 Å². The number of carbonyl (C=O) groups excluding carboxylic acids is 1. The van der Waals surface area contributed by atoms with Crippen LogP contribution in [0, 0.1) is 11.3 Å². The highest BCUT2D eigenvalue weighted by Crippen LogP contribution is 2.46. The highest BCUT2D eigenvalue weighted by molar-refractivity contribution is 7.52. The maximum Gasteiger partial charge on any atom is 0.459 e. The number of benzene rings is 1. The Kier molecular flexibility index (Phi) is 8.70. The van der Waals surface area contributed by atoms with Gasteiger partial charge in [-0.25, -0.2) is 9.36 Å². The van der Waals surface area contributed by atoms with Gasteiger partial charge in [-0.05, 0) is 32.9 Å². The molecule has 37 heavy (non-hydrogen) atoms. The van der Waals surface area contributed by atoms with Crippen LogP contribution >= 0.6 is 7.75 Å². The zero-order chi connectivity index (χ0) is 27.4. The van der Waals surface area contributed by atoms with E-state index in [1.807, 2.05) is 4.98 Å². The van der Waals surface area contributed by atoms with Gasteiger partial charge in [-0.1, -0.05) is 18.2 Å². The van der Waals surface area contributed by atoms with Crippen LogP contribution in [0.5, 0.6) is 5.75 Å². The second kappa shape index (κ2) is 11.4. The Balaban J connectivity index is 1.84. The number of carbonyl (C=O) groups is 1. The van der Waals surface area contributed by atoms with Gasteiger partial charge >= 0.3 is 19.4 Å². The number of aromatic amines is 1. The molecule has 1 saturated heterocycles. The van der Waals surface area contributed by atoms with Gasteiger partial charge in [0.1, 0.15) is 36.2 Å². The Labute approximate surface area is 211 Å². The van der Waals surface area contributed by atoms with Gasteiger partial charge in [-0.3, -0.25) is 23.7 Å². The number of nitrogens with one attached hydrogen (secondary N) is 2. The van der Waals surface area contributed by atoms with Gasteiger partial charge in [0.05, 0.1) is 12.7 Å². The molecule has 1 aromatic heterocycles. The average molecular weight is 538 g/mol. The number of nitriles is 1. The molecule has 4 N–H and O–H groups in total. The second-order valence-electron chi connectivity index (χ2n) is 8.41. The van der Waals surface area contributed by atoms with Gasteiger partial charge in [-0.2, -0.15) is 10.3 Å². The van der Waals surface area contributed by atoms with Crippen LogP contribution in [0.15, 0.2) is 52.2 Å². The molecule has 1 fully saturated rings. The summed E-state index contributed by atoms with van der Waals surface area (Å²) in [5.41, 5.74) is -4.25. The molecule has 14 nitrogen and oxygen atoms in total. The molecule has 1 aliphatic rings. The van der Waals surface area contributed by atoms with Crippen molar-refractivity contribution in [2.24, 2.45) is 0 Å². The molecule has 2 heterocycles. The third kappa shape index (κ3) is 6.34. The lowest BCUT2D eigenvalue weighted by Crippen LogP contribution is -2.50. The van der Waals surface area contributed by atoms with Crippen LogP contribution in [0.3, 0.4) is 0 Å². The van der Waals surface area contributed by atoms with Crippen LogP contribution < -0.4 is 20.9 Å². The fourth-order valence-electron chi connectivity index (χ4n) is 3.47. The topological polar surface area (TPSA) is 202 Å². The minimum Gasteiger partial charge on any atom is -0.462 e. The summed E-state index contributed by atoms with van der Waals surface area (Å²) in [4.78, 5) is 37.9. The minimum atomic E-state index is -4.35. The van der Waals surface area contributed by atoms with Gasteiger partial charge < -0.3 is 24.2 Å². The molecule has 1 unspecified atom stereocenters. The molecule has 1 aliphatic heterocycles. The second-order valence-corrected chi connectivity index (χ2v) is 10.1. The molecule has 200 valence electrons. The Morgan fingerprint density at radius 1 is 1.27 bits per heavy atom. The number of para-hydroxylation sites is 1. The van der Waals surface area contributed by atoms with Crippen molar-refractivity contribution >= 4 is 13.7 Å². The zero-order valence-electron chi connectivity index (χ0n) is 20.1. The lowest BCUT2D eigenvalue weighted by Gasteiger charge is -2.26. The molecule has 0 radical (unpaired) electrons. The maximum atomic E-state index is 13.6. The van der Waals surface area contributed by atoms with E-state index in [1.165, 1.54) is 19.1 Å². The van der Waals surface area contributed by atoms with Gasteiger partial charge in [0, 0.05) is 12.3 Å². The monoisotopic (exact) mass is 538 g/mol. The van der Waals surface area contributed by atoms with E-state index in [0.29, 0.717) is 4.57 Å². The predicted octanol–water partition coefficient (Wildman–Crippen LogP) is -0.0330. The molecule has 15 heteroatoms. The summed E-state index contributed by atoms with van der Waals surface area (Å²) in [7, 11) is -4.35. The Bertz CT molecular complexity index is 1310. The molecule has 0 spiro atoms. The van der Waals surface area contributed by atoms with Crippen LogP contribution in [-0.2, 0) is 29.1 Å². The molecular weight excluding hydrogens is 511 g/mol. The van der Waals surface area contributed by atoms with E-state index >= 15 is 0 Å². The number of hydrogen-bond donors (Lipinski definition) is 4. The summed E-state index contributed by atoms with van der Waals surface area (Å²) in [6.07, 6.45) is -4.74. The van der Waals surface area contributed by atoms with Crippen LogP contribution in [0.25, 0.3) is 0 Å². The van der Waals surface area contributed by atoms with Crippen molar-refractivity contribution in [1.82, 2.24) is 14.6 Å². The van der Waals surface area contributed by atoms with E-state index < -0.39 is 67.8 Å². The van der Waals surface area contributed by atoms with Crippen molar-refractivity contribution in [3.05, 3.63) is 63.4 Å². The Morgan fingerprint density at radius 2 is 1.95 bits per heavy atom. The largest absolute Gasteiger partial charge is 0.462 e. The van der Waals surface area contributed by atoms with Crippen LogP contribution in [0.2, 0.25) is 0 Å². The number of esters is 1. The normalized spacial score (nSPS) is 25.7. The number of aliphatic hydroxyl groups is 2.